The van der Waals surface area contributed by atoms with Crippen LogP contribution in [0.5, 0.6) is 0 Å². The Morgan fingerprint density at radius 2 is 1.38 bits per heavy atom. The predicted octanol–water partition coefficient (Wildman–Crippen LogP) is 3.38. The fourth-order valence-electron chi connectivity index (χ4n) is 2.54. The molecular formula is C18H33NO5. The van der Waals surface area contributed by atoms with Gasteiger partial charge in [-0.15, -0.1) is 0 Å². The number of unbranched alkanes of at least 4 members (excludes halogenated alkanes) is 8. The summed E-state index contributed by atoms with van der Waals surface area (Å²) in [6, 6.07) is -0.979. The van der Waals surface area contributed by atoms with Gasteiger partial charge in [0, 0.05) is 12.8 Å². The van der Waals surface area contributed by atoms with Crippen molar-refractivity contribution in [2.45, 2.75) is 90.0 Å². The molecule has 0 aromatic heterocycles. The van der Waals surface area contributed by atoms with E-state index < -0.39 is 18.0 Å². The van der Waals surface area contributed by atoms with Crippen LogP contribution in [0.1, 0.15) is 84.0 Å². The molecule has 0 rings (SSSR count). The maximum atomic E-state index is 11.7. The summed E-state index contributed by atoms with van der Waals surface area (Å²) in [5.41, 5.74) is 0. The first-order chi connectivity index (χ1) is 11.5. The van der Waals surface area contributed by atoms with Gasteiger partial charge in [-0.05, 0) is 12.8 Å². The van der Waals surface area contributed by atoms with E-state index in [-0.39, 0.29) is 25.2 Å². The molecule has 0 unspecified atom stereocenters. The molecule has 3 N–H and O–H groups in total. The Balaban J connectivity index is 3.63. The van der Waals surface area contributed by atoms with Crippen molar-refractivity contribution in [1.29, 1.82) is 0 Å². The Bertz CT molecular complexity index is 370. The second-order valence-electron chi connectivity index (χ2n) is 6.32. The summed E-state index contributed by atoms with van der Waals surface area (Å²) in [7, 11) is 0. The molecule has 0 aliphatic carbocycles. The lowest BCUT2D eigenvalue weighted by Crippen LogP contribution is -2.40. The fourth-order valence-corrected chi connectivity index (χ4v) is 2.54. The Morgan fingerprint density at radius 1 is 0.833 bits per heavy atom. The van der Waals surface area contributed by atoms with Gasteiger partial charge in [-0.2, -0.15) is 0 Å². The topological polar surface area (TPSA) is 104 Å². The van der Waals surface area contributed by atoms with E-state index in [1.54, 1.807) is 0 Å². The minimum atomic E-state index is -1.12. The van der Waals surface area contributed by atoms with Gasteiger partial charge in [0.05, 0.1) is 6.54 Å². The van der Waals surface area contributed by atoms with Crippen LogP contribution in [0.3, 0.4) is 0 Å². The average Bonchev–Trinajstić information content (AvgIpc) is 2.52. The van der Waals surface area contributed by atoms with Gasteiger partial charge < -0.3 is 10.2 Å². The summed E-state index contributed by atoms with van der Waals surface area (Å²) in [4.78, 5) is 33.2. The number of carboxylic acid groups (broad SMARTS) is 2. The minimum absolute atomic E-state index is 0.00635. The molecule has 0 saturated carbocycles. The summed E-state index contributed by atoms with van der Waals surface area (Å²) in [5, 5.41) is 20.2. The Labute approximate surface area is 145 Å². The van der Waals surface area contributed by atoms with E-state index in [0.29, 0.717) is 6.42 Å². The van der Waals surface area contributed by atoms with Crippen LogP contribution in [0.25, 0.3) is 0 Å². The zero-order chi connectivity index (χ0) is 18.2. The highest BCUT2D eigenvalue weighted by atomic mass is 16.4. The number of nitrogens with one attached hydrogen (secondary N) is 1. The first-order valence-corrected chi connectivity index (χ1v) is 9.17. The number of hydrogen-bond donors (Lipinski definition) is 3. The largest absolute Gasteiger partial charge is 0.481 e. The van der Waals surface area contributed by atoms with Gasteiger partial charge in [0.1, 0.15) is 11.8 Å². The molecule has 1 atom stereocenters. The van der Waals surface area contributed by atoms with Crippen molar-refractivity contribution in [3.63, 3.8) is 0 Å². The normalized spacial score (nSPS) is 12.0. The third-order valence-electron chi connectivity index (χ3n) is 4.05. The van der Waals surface area contributed by atoms with Crippen LogP contribution in [0.15, 0.2) is 0 Å². The number of aliphatic carboxylic acids is 2. The maximum absolute atomic E-state index is 11.7. The lowest BCUT2D eigenvalue weighted by molar-refractivity contribution is -0.140. The van der Waals surface area contributed by atoms with Gasteiger partial charge >= 0.3 is 11.9 Å². The molecule has 0 spiro atoms. The molecule has 0 aromatic rings. The van der Waals surface area contributed by atoms with Gasteiger partial charge in [-0.1, -0.05) is 58.3 Å². The van der Waals surface area contributed by atoms with E-state index in [1.807, 2.05) is 0 Å². The Morgan fingerprint density at radius 3 is 1.88 bits per heavy atom. The number of rotatable bonds is 17. The molecule has 0 amide bonds. The van der Waals surface area contributed by atoms with Crippen LogP contribution in [0.2, 0.25) is 0 Å². The maximum Gasteiger partial charge on any atom is 0.320 e. The van der Waals surface area contributed by atoms with E-state index in [4.69, 9.17) is 10.2 Å². The molecule has 0 heterocycles. The van der Waals surface area contributed by atoms with Gasteiger partial charge in [0.25, 0.3) is 0 Å². The molecular weight excluding hydrogens is 310 g/mol. The quantitative estimate of drug-likeness (QED) is 0.350. The average molecular weight is 343 g/mol. The molecule has 6 nitrogen and oxygen atoms in total. The molecule has 0 radical (unpaired) electrons. The molecule has 140 valence electrons. The third kappa shape index (κ3) is 14.2. The first kappa shape index (κ1) is 22.6. The summed E-state index contributed by atoms with van der Waals surface area (Å²) >= 11 is 0. The van der Waals surface area contributed by atoms with Crippen molar-refractivity contribution in [2.24, 2.45) is 0 Å². The van der Waals surface area contributed by atoms with Crippen molar-refractivity contribution in [1.82, 2.24) is 5.32 Å². The highest BCUT2D eigenvalue weighted by Gasteiger charge is 2.18. The lowest BCUT2D eigenvalue weighted by Gasteiger charge is -2.12. The summed E-state index contributed by atoms with van der Waals surface area (Å²) in [6.07, 6.45) is 10.9. The SMILES string of the molecule is CCCCCCCCCCCC(=O)CN[C@@H](CCC(=O)O)C(=O)O. The van der Waals surface area contributed by atoms with Crippen LogP contribution in [0.4, 0.5) is 0 Å². The van der Waals surface area contributed by atoms with Crippen molar-refractivity contribution in [3.8, 4) is 0 Å². The second kappa shape index (κ2) is 15.1. The molecule has 0 bridgehead atoms. The van der Waals surface area contributed by atoms with Gasteiger partial charge in [-0.3, -0.25) is 19.7 Å². The van der Waals surface area contributed by atoms with Crippen LogP contribution in [-0.2, 0) is 14.4 Å². The first-order valence-electron chi connectivity index (χ1n) is 9.17. The van der Waals surface area contributed by atoms with E-state index in [2.05, 4.69) is 12.2 Å². The third-order valence-corrected chi connectivity index (χ3v) is 4.05. The molecule has 0 fully saturated rings. The molecule has 0 aliphatic rings. The van der Waals surface area contributed by atoms with E-state index in [0.717, 1.165) is 19.3 Å². The fraction of sp³-hybridized carbons (Fsp3) is 0.833. The van der Waals surface area contributed by atoms with E-state index >= 15 is 0 Å². The van der Waals surface area contributed by atoms with Crippen molar-refractivity contribution < 1.29 is 24.6 Å². The van der Waals surface area contributed by atoms with Crippen molar-refractivity contribution >= 4 is 17.7 Å². The summed E-state index contributed by atoms with van der Waals surface area (Å²) < 4.78 is 0. The van der Waals surface area contributed by atoms with Crippen molar-refractivity contribution in [2.75, 3.05) is 6.54 Å². The molecule has 0 aliphatic heterocycles. The van der Waals surface area contributed by atoms with E-state index in [1.165, 1.54) is 38.5 Å². The van der Waals surface area contributed by atoms with Crippen LogP contribution >= 0.6 is 0 Å². The number of ketones is 1. The summed E-state index contributed by atoms with van der Waals surface area (Å²) in [5.74, 6) is -2.17. The highest BCUT2D eigenvalue weighted by molar-refractivity contribution is 5.81. The molecule has 0 aromatic carbocycles. The number of Topliss-reactive ketones (excluding diaryl/α,β-unsaturated/α-hetero) is 1. The van der Waals surface area contributed by atoms with Crippen LogP contribution in [-0.4, -0.2) is 40.5 Å². The van der Waals surface area contributed by atoms with Crippen molar-refractivity contribution in [3.05, 3.63) is 0 Å². The predicted molar refractivity (Wildman–Crippen MR) is 93.1 cm³/mol. The molecule has 0 saturated heterocycles. The van der Waals surface area contributed by atoms with Gasteiger partial charge in [0.15, 0.2) is 0 Å². The zero-order valence-corrected chi connectivity index (χ0v) is 14.9. The molecule has 24 heavy (non-hydrogen) atoms. The highest BCUT2D eigenvalue weighted by Crippen LogP contribution is 2.10. The molecule has 6 heteroatoms. The smallest absolute Gasteiger partial charge is 0.320 e. The number of carbonyl (C=O) groups excluding carboxylic acids is 1. The monoisotopic (exact) mass is 343 g/mol. The Kier molecular flexibility index (Phi) is 14.2. The lowest BCUT2D eigenvalue weighted by atomic mass is 10.1. The number of carboxylic acids is 2. The van der Waals surface area contributed by atoms with E-state index in [9.17, 15) is 14.4 Å². The number of carbonyl (C=O) groups is 3. The van der Waals surface area contributed by atoms with Crippen LogP contribution in [0, 0.1) is 0 Å². The Hall–Kier alpha value is -1.43. The summed E-state index contributed by atoms with van der Waals surface area (Å²) in [6.45, 7) is 2.20. The van der Waals surface area contributed by atoms with Crippen LogP contribution < -0.4 is 5.32 Å². The van der Waals surface area contributed by atoms with Gasteiger partial charge in [-0.25, -0.2) is 0 Å². The second-order valence-corrected chi connectivity index (χ2v) is 6.32. The number of hydrogen-bond acceptors (Lipinski definition) is 4. The van der Waals surface area contributed by atoms with Gasteiger partial charge in [0.2, 0.25) is 0 Å². The zero-order valence-electron chi connectivity index (χ0n) is 14.9. The standard InChI is InChI=1S/C18H33NO5/c1-2-3-4-5-6-7-8-9-10-11-15(20)14-19-16(18(23)24)12-13-17(21)22/h16,19H,2-14H2,1H3,(H,21,22)(H,23,24)/t16-/m0/s1. The minimum Gasteiger partial charge on any atom is -0.481 e.